The molecular weight excluding hydrogens is 554 g/mol. The zero-order chi connectivity index (χ0) is 28.9. The first-order valence-electron chi connectivity index (χ1n) is 12.8. The van der Waals surface area contributed by atoms with Crippen molar-refractivity contribution in [1.82, 2.24) is 8.61 Å². The van der Waals surface area contributed by atoms with Crippen molar-refractivity contribution in [3.8, 4) is 17.2 Å². The molecule has 0 bridgehead atoms. The highest BCUT2D eigenvalue weighted by Gasteiger charge is 2.30. The summed E-state index contributed by atoms with van der Waals surface area (Å²) >= 11 is 0. The van der Waals surface area contributed by atoms with Crippen LogP contribution in [0.25, 0.3) is 0 Å². The van der Waals surface area contributed by atoms with Crippen LogP contribution in [0.3, 0.4) is 0 Å². The Labute approximate surface area is 236 Å². The average molecular weight is 590 g/mol. The van der Waals surface area contributed by atoms with Crippen molar-refractivity contribution in [3.63, 3.8) is 0 Å². The summed E-state index contributed by atoms with van der Waals surface area (Å²) in [6.07, 6.45) is 0.483. The lowest BCUT2D eigenvalue weighted by Gasteiger charge is -2.36. The highest BCUT2D eigenvalue weighted by atomic mass is 32.2. The fourth-order valence-electron chi connectivity index (χ4n) is 4.61. The van der Waals surface area contributed by atoms with E-state index < -0.39 is 20.0 Å². The molecule has 0 amide bonds. The number of likely N-dealkylation sites (N-methyl/N-ethyl adjacent to an activating group) is 1. The van der Waals surface area contributed by atoms with Crippen LogP contribution in [0.4, 0.5) is 5.69 Å². The minimum atomic E-state index is -3.80. The number of ether oxygens (including phenoxy) is 3. The molecular formula is C28H35N3O7S2. The third-order valence-corrected chi connectivity index (χ3v) is 10.7. The second-order valence-electron chi connectivity index (χ2n) is 9.30. The zero-order valence-electron chi connectivity index (χ0n) is 23.1. The number of hydrogen-bond acceptors (Lipinski definition) is 8. The molecule has 12 heteroatoms. The Hall–Kier alpha value is -3.32. The lowest BCUT2D eigenvalue weighted by molar-refractivity contribution is 0.354. The van der Waals surface area contributed by atoms with Crippen LogP contribution in [0, 0.1) is 0 Å². The number of nitrogens with zero attached hydrogens (tertiary/aromatic N) is 3. The molecule has 10 nitrogen and oxygen atoms in total. The summed E-state index contributed by atoms with van der Waals surface area (Å²) in [7, 11) is -1.22. The van der Waals surface area contributed by atoms with Crippen molar-refractivity contribution < 1.29 is 31.0 Å². The molecule has 0 radical (unpaired) electrons. The van der Waals surface area contributed by atoms with Crippen molar-refractivity contribution in [1.29, 1.82) is 0 Å². The van der Waals surface area contributed by atoms with Crippen LogP contribution in [0.1, 0.15) is 5.56 Å². The van der Waals surface area contributed by atoms with Crippen LogP contribution in [0.5, 0.6) is 17.2 Å². The Kier molecular flexibility index (Phi) is 9.24. The molecule has 0 unspecified atom stereocenters. The first-order chi connectivity index (χ1) is 19.1. The Morgan fingerprint density at radius 3 is 1.98 bits per heavy atom. The number of rotatable bonds is 11. The zero-order valence-corrected chi connectivity index (χ0v) is 24.7. The van der Waals surface area contributed by atoms with Crippen LogP contribution < -0.4 is 19.1 Å². The summed E-state index contributed by atoms with van der Waals surface area (Å²) in [6.45, 7) is 1.57. The van der Waals surface area contributed by atoms with Crippen LogP contribution in [0.2, 0.25) is 0 Å². The first-order valence-corrected chi connectivity index (χ1v) is 15.6. The fraction of sp³-hybridized carbons (Fsp3) is 0.357. The summed E-state index contributed by atoms with van der Waals surface area (Å²) < 4.78 is 72.0. The van der Waals surface area contributed by atoms with Crippen LogP contribution in [0.15, 0.2) is 76.5 Å². The fourth-order valence-corrected chi connectivity index (χ4v) is 7.25. The van der Waals surface area contributed by atoms with Crippen molar-refractivity contribution in [2.45, 2.75) is 16.2 Å². The molecule has 0 atom stereocenters. The predicted octanol–water partition coefficient (Wildman–Crippen LogP) is 3.09. The van der Waals surface area contributed by atoms with E-state index in [9.17, 15) is 16.8 Å². The van der Waals surface area contributed by atoms with Gasteiger partial charge in [0.05, 0.1) is 36.8 Å². The molecule has 1 fully saturated rings. The summed E-state index contributed by atoms with van der Waals surface area (Å²) in [6, 6.07) is 18.6. The average Bonchev–Trinajstić information content (AvgIpc) is 2.99. The van der Waals surface area contributed by atoms with E-state index >= 15 is 0 Å². The van der Waals surface area contributed by atoms with Crippen LogP contribution in [-0.2, 0) is 26.5 Å². The van der Waals surface area contributed by atoms with E-state index in [0.29, 0.717) is 42.4 Å². The topological polar surface area (TPSA) is 106 Å². The molecule has 216 valence electrons. The number of anilines is 1. The van der Waals surface area contributed by atoms with Crippen LogP contribution >= 0.6 is 0 Å². The summed E-state index contributed by atoms with van der Waals surface area (Å²) in [5.74, 6) is 1.71. The maximum Gasteiger partial charge on any atom is 0.243 e. The quantitative estimate of drug-likeness (QED) is 0.336. The number of piperazine rings is 1. The molecule has 3 aromatic rings. The standard InChI is InChI=1S/C28H35N3O7S2/c1-29(15-14-22-10-12-27(37-3)28(20-22)38-4)39(32,33)24-11-13-26(36-2)25(21-24)30-16-18-31(19-17-30)40(34,35)23-8-6-5-7-9-23/h5-13,20-21H,14-19H2,1-4H3. The van der Waals surface area contributed by atoms with E-state index in [1.807, 2.05) is 17.0 Å². The van der Waals surface area contributed by atoms with Gasteiger partial charge in [-0.05, 0) is 54.4 Å². The van der Waals surface area contributed by atoms with Gasteiger partial charge < -0.3 is 19.1 Å². The van der Waals surface area contributed by atoms with Crippen molar-refractivity contribution in [3.05, 3.63) is 72.3 Å². The number of sulfonamides is 2. The second-order valence-corrected chi connectivity index (χ2v) is 13.3. The van der Waals surface area contributed by atoms with Crippen molar-refractivity contribution in [2.24, 2.45) is 0 Å². The Morgan fingerprint density at radius 1 is 0.725 bits per heavy atom. The van der Waals surface area contributed by atoms with Crippen molar-refractivity contribution >= 4 is 25.7 Å². The largest absolute Gasteiger partial charge is 0.495 e. The molecule has 1 heterocycles. The molecule has 1 aliphatic heterocycles. The van der Waals surface area contributed by atoms with Gasteiger partial charge in [-0.15, -0.1) is 0 Å². The Balaban J connectivity index is 1.48. The van der Waals surface area contributed by atoms with E-state index in [-0.39, 0.29) is 29.4 Å². The van der Waals surface area contributed by atoms with Gasteiger partial charge in [0.2, 0.25) is 20.0 Å². The molecule has 40 heavy (non-hydrogen) atoms. The number of benzene rings is 3. The van der Waals surface area contributed by atoms with Gasteiger partial charge in [0, 0.05) is 39.8 Å². The molecule has 0 N–H and O–H groups in total. The minimum Gasteiger partial charge on any atom is -0.495 e. The van der Waals surface area contributed by atoms with Gasteiger partial charge in [-0.25, -0.2) is 21.1 Å². The third kappa shape index (κ3) is 6.20. The molecule has 1 saturated heterocycles. The molecule has 0 spiro atoms. The lowest BCUT2D eigenvalue weighted by Crippen LogP contribution is -2.48. The predicted molar refractivity (Wildman–Crippen MR) is 153 cm³/mol. The molecule has 1 aliphatic rings. The van der Waals surface area contributed by atoms with E-state index in [0.717, 1.165) is 5.56 Å². The first kappa shape index (κ1) is 29.7. The van der Waals surface area contributed by atoms with Gasteiger partial charge >= 0.3 is 0 Å². The Bertz CT molecular complexity index is 1520. The SMILES string of the molecule is COc1ccc(CCN(C)S(=O)(=O)c2ccc(OC)c(N3CCN(S(=O)(=O)c4ccccc4)CC3)c2)cc1OC. The highest BCUT2D eigenvalue weighted by Crippen LogP contribution is 2.33. The smallest absolute Gasteiger partial charge is 0.243 e. The highest BCUT2D eigenvalue weighted by molar-refractivity contribution is 7.89. The summed E-state index contributed by atoms with van der Waals surface area (Å²) in [5, 5.41) is 0. The molecule has 0 aliphatic carbocycles. The van der Waals surface area contributed by atoms with Gasteiger partial charge in [-0.2, -0.15) is 4.31 Å². The van der Waals surface area contributed by atoms with E-state index in [2.05, 4.69) is 0 Å². The summed E-state index contributed by atoms with van der Waals surface area (Å²) in [4.78, 5) is 2.35. The normalized spacial score (nSPS) is 14.8. The van der Waals surface area contributed by atoms with Gasteiger partial charge in [-0.1, -0.05) is 24.3 Å². The minimum absolute atomic E-state index is 0.137. The van der Waals surface area contributed by atoms with Gasteiger partial charge in [0.15, 0.2) is 11.5 Å². The maximum atomic E-state index is 13.5. The Morgan fingerprint density at radius 2 is 1.35 bits per heavy atom. The van der Waals surface area contributed by atoms with Crippen LogP contribution in [-0.4, -0.2) is 86.5 Å². The van der Waals surface area contributed by atoms with Gasteiger partial charge in [0.25, 0.3) is 0 Å². The van der Waals surface area contributed by atoms with Crippen molar-refractivity contribution in [2.75, 3.05) is 66.0 Å². The maximum absolute atomic E-state index is 13.5. The van der Waals surface area contributed by atoms with E-state index in [1.165, 1.54) is 21.8 Å². The molecule has 0 aromatic heterocycles. The van der Waals surface area contributed by atoms with E-state index in [4.69, 9.17) is 14.2 Å². The van der Waals surface area contributed by atoms with E-state index in [1.54, 1.807) is 69.8 Å². The second kappa shape index (κ2) is 12.5. The van der Waals surface area contributed by atoms with Gasteiger partial charge in [0.1, 0.15) is 5.75 Å². The third-order valence-electron chi connectivity index (χ3n) is 6.98. The monoisotopic (exact) mass is 589 g/mol. The molecule has 0 saturated carbocycles. The molecule has 4 rings (SSSR count). The number of methoxy groups -OCH3 is 3. The lowest BCUT2D eigenvalue weighted by atomic mass is 10.1. The number of hydrogen-bond donors (Lipinski definition) is 0. The molecule has 3 aromatic carbocycles. The summed E-state index contributed by atoms with van der Waals surface area (Å²) in [5.41, 5.74) is 1.52. The van der Waals surface area contributed by atoms with Gasteiger partial charge in [-0.3, -0.25) is 0 Å².